The van der Waals surface area contributed by atoms with Gasteiger partial charge in [-0.15, -0.1) is 0 Å². The highest BCUT2D eigenvalue weighted by atomic mass is 32.2. The molecular weight excluding hydrogens is 164 g/mol. The Bertz CT molecular complexity index is 177. The second kappa shape index (κ2) is 3.23. The van der Waals surface area contributed by atoms with Crippen LogP contribution in [0.15, 0.2) is 0 Å². The lowest BCUT2D eigenvalue weighted by atomic mass is 10.6. The van der Waals surface area contributed by atoms with Crippen LogP contribution in [0.3, 0.4) is 0 Å². The summed E-state index contributed by atoms with van der Waals surface area (Å²) < 4.78 is 0. The molecule has 2 amide bonds. The predicted molar refractivity (Wildman–Crippen MR) is 43.3 cm³/mol. The fourth-order valence-corrected chi connectivity index (χ4v) is 1.52. The van der Waals surface area contributed by atoms with E-state index in [1.807, 2.05) is 14.1 Å². The van der Waals surface area contributed by atoms with E-state index < -0.39 is 0 Å². The molecule has 1 aliphatic heterocycles. The van der Waals surface area contributed by atoms with Crippen molar-refractivity contribution in [1.82, 2.24) is 9.80 Å². The van der Waals surface area contributed by atoms with E-state index in [1.165, 1.54) is 4.90 Å². The van der Waals surface area contributed by atoms with Crippen LogP contribution in [-0.2, 0) is 4.79 Å². The third kappa shape index (κ3) is 1.94. The standard InChI is InChI=1S/C6H10N2O2S/c1-7(2)4-8-5(9)3-11-6(8)10/h3-4H2,1-2H3. The summed E-state index contributed by atoms with van der Waals surface area (Å²) in [5.41, 5.74) is 0. The Labute approximate surface area is 69.5 Å². The van der Waals surface area contributed by atoms with Crippen LogP contribution in [0.25, 0.3) is 0 Å². The number of thioether (sulfide) groups is 1. The van der Waals surface area contributed by atoms with Gasteiger partial charge in [-0.05, 0) is 14.1 Å². The van der Waals surface area contributed by atoms with Crippen LogP contribution in [0.4, 0.5) is 4.79 Å². The largest absolute Gasteiger partial charge is 0.292 e. The Kier molecular flexibility index (Phi) is 2.51. The molecule has 1 heterocycles. The highest BCUT2D eigenvalue weighted by Gasteiger charge is 2.29. The molecular formula is C6H10N2O2S. The Morgan fingerprint density at radius 3 is 2.55 bits per heavy atom. The highest BCUT2D eigenvalue weighted by molar-refractivity contribution is 8.14. The lowest BCUT2D eigenvalue weighted by molar-refractivity contribution is -0.125. The molecule has 0 aromatic carbocycles. The van der Waals surface area contributed by atoms with Crippen LogP contribution in [0.5, 0.6) is 0 Å². The van der Waals surface area contributed by atoms with Crippen LogP contribution in [0, 0.1) is 0 Å². The molecule has 0 aromatic heterocycles. The maximum Gasteiger partial charge on any atom is 0.289 e. The second-order valence-corrected chi connectivity index (χ2v) is 3.52. The highest BCUT2D eigenvalue weighted by Crippen LogP contribution is 2.17. The van der Waals surface area contributed by atoms with Crippen molar-refractivity contribution in [3.8, 4) is 0 Å². The molecule has 0 saturated carbocycles. The summed E-state index contributed by atoms with van der Waals surface area (Å²) in [6.07, 6.45) is 0. The van der Waals surface area contributed by atoms with Gasteiger partial charge in [0.15, 0.2) is 0 Å². The van der Waals surface area contributed by atoms with E-state index in [-0.39, 0.29) is 11.1 Å². The van der Waals surface area contributed by atoms with E-state index in [2.05, 4.69) is 0 Å². The first-order valence-corrected chi connectivity index (χ1v) is 4.21. The Morgan fingerprint density at radius 2 is 2.18 bits per heavy atom. The van der Waals surface area contributed by atoms with Gasteiger partial charge in [0, 0.05) is 0 Å². The summed E-state index contributed by atoms with van der Waals surface area (Å²) in [4.78, 5) is 25.0. The first-order chi connectivity index (χ1) is 5.11. The van der Waals surface area contributed by atoms with Crippen molar-refractivity contribution in [2.75, 3.05) is 26.5 Å². The SMILES string of the molecule is CN(C)CN1C(=O)CSC1=O. The van der Waals surface area contributed by atoms with Crippen LogP contribution >= 0.6 is 11.8 Å². The molecule has 0 N–H and O–H groups in total. The maximum absolute atomic E-state index is 11.0. The van der Waals surface area contributed by atoms with E-state index in [0.29, 0.717) is 12.4 Å². The minimum Gasteiger partial charge on any atom is -0.292 e. The zero-order valence-corrected chi connectivity index (χ0v) is 7.35. The third-order valence-electron chi connectivity index (χ3n) is 1.26. The molecule has 11 heavy (non-hydrogen) atoms. The van der Waals surface area contributed by atoms with Gasteiger partial charge >= 0.3 is 0 Å². The van der Waals surface area contributed by atoms with Gasteiger partial charge in [-0.3, -0.25) is 19.4 Å². The number of nitrogens with zero attached hydrogens (tertiary/aromatic N) is 2. The zero-order chi connectivity index (χ0) is 8.43. The van der Waals surface area contributed by atoms with Gasteiger partial charge < -0.3 is 0 Å². The molecule has 1 fully saturated rings. The molecule has 0 spiro atoms. The topological polar surface area (TPSA) is 40.6 Å². The summed E-state index contributed by atoms with van der Waals surface area (Å²) in [5.74, 6) is 0.209. The van der Waals surface area contributed by atoms with E-state index in [9.17, 15) is 9.59 Å². The minimum atomic E-state index is -0.135. The van der Waals surface area contributed by atoms with Crippen molar-refractivity contribution < 1.29 is 9.59 Å². The molecule has 0 bridgehead atoms. The van der Waals surface area contributed by atoms with Crippen molar-refractivity contribution in [1.29, 1.82) is 0 Å². The molecule has 0 radical (unpaired) electrons. The molecule has 1 rings (SSSR count). The normalized spacial score (nSPS) is 18.6. The Balaban J connectivity index is 2.55. The van der Waals surface area contributed by atoms with Crippen LogP contribution < -0.4 is 0 Å². The molecule has 0 unspecified atom stereocenters. The number of imide groups is 1. The van der Waals surface area contributed by atoms with Gasteiger partial charge in [-0.1, -0.05) is 11.8 Å². The quantitative estimate of drug-likeness (QED) is 0.599. The maximum atomic E-state index is 11.0. The second-order valence-electron chi connectivity index (χ2n) is 2.60. The number of amides is 2. The monoisotopic (exact) mass is 174 g/mol. The van der Waals surface area contributed by atoms with E-state index in [4.69, 9.17) is 0 Å². The van der Waals surface area contributed by atoms with Crippen molar-refractivity contribution in [3.63, 3.8) is 0 Å². The third-order valence-corrected chi connectivity index (χ3v) is 2.12. The van der Waals surface area contributed by atoms with E-state index in [0.717, 1.165) is 11.8 Å². The zero-order valence-electron chi connectivity index (χ0n) is 6.53. The van der Waals surface area contributed by atoms with Gasteiger partial charge in [0.05, 0.1) is 12.4 Å². The van der Waals surface area contributed by atoms with Crippen molar-refractivity contribution >= 4 is 22.9 Å². The summed E-state index contributed by atoms with van der Waals surface area (Å²) in [6.45, 7) is 0.394. The van der Waals surface area contributed by atoms with Crippen molar-refractivity contribution in [3.05, 3.63) is 0 Å². The summed E-state index contributed by atoms with van der Waals surface area (Å²) >= 11 is 1.07. The number of hydrogen-bond acceptors (Lipinski definition) is 4. The van der Waals surface area contributed by atoms with Gasteiger partial charge in [-0.2, -0.15) is 0 Å². The molecule has 1 saturated heterocycles. The average Bonchev–Trinajstić information content (AvgIpc) is 2.18. The Hall–Kier alpha value is -0.550. The minimum absolute atomic E-state index is 0.0892. The molecule has 4 nitrogen and oxygen atoms in total. The molecule has 5 heteroatoms. The number of carbonyl (C=O) groups excluding carboxylic acids is 2. The van der Waals surface area contributed by atoms with Gasteiger partial charge in [-0.25, -0.2) is 0 Å². The van der Waals surface area contributed by atoms with E-state index in [1.54, 1.807) is 4.90 Å². The smallest absolute Gasteiger partial charge is 0.289 e. The number of hydrogen-bond donors (Lipinski definition) is 0. The van der Waals surface area contributed by atoms with Crippen molar-refractivity contribution in [2.45, 2.75) is 0 Å². The molecule has 0 aromatic rings. The number of rotatable bonds is 2. The van der Waals surface area contributed by atoms with Crippen LogP contribution in [0.2, 0.25) is 0 Å². The first-order valence-electron chi connectivity index (χ1n) is 3.23. The van der Waals surface area contributed by atoms with Crippen LogP contribution in [-0.4, -0.2) is 47.5 Å². The van der Waals surface area contributed by atoms with Gasteiger partial charge in [0.1, 0.15) is 0 Å². The van der Waals surface area contributed by atoms with Gasteiger partial charge in [0.25, 0.3) is 5.24 Å². The lowest BCUT2D eigenvalue weighted by Crippen LogP contribution is -2.36. The Morgan fingerprint density at radius 1 is 1.55 bits per heavy atom. The fraction of sp³-hybridized carbons (Fsp3) is 0.667. The molecule has 0 atom stereocenters. The fourth-order valence-electron chi connectivity index (χ4n) is 0.801. The summed E-state index contributed by atoms with van der Waals surface area (Å²) in [7, 11) is 3.65. The van der Waals surface area contributed by atoms with Crippen molar-refractivity contribution in [2.24, 2.45) is 0 Å². The average molecular weight is 174 g/mol. The van der Waals surface area contributed by atoms with Gasteiger partial charge in [0.2, 0.25) is 5.91 Å². The molecule has 1 aliphatic rings. The molecule has 0 aliphatic carbocycles. The summed E-state index contributed by atoms with van der Waals surface area (Å²) in [6, 6.07) is 0. The summed E-state index contributed by atoms with van der Waals surface area (Å²) in [5, 5.41) is -0.135. The van der Waals surface area contributed by atoms with Crippen LogP contribution in [0.1, 0.15) is 0 Å². The lowest BCUT2D eigenvalue weighted by Gasteiger charge is -2.17. The first kappa shape index (κ1) is 8.55. The van der Waals surface area contributed by atoms with E-state index >= 15 is 0 Å². The number of carbonyl (C=O) groups is 2. The predicted octanol–water partition coefficient (Wildman–Crippen LogP) is 0.201. The molecule has 62 valence electrons.